The lowest BCUT2D eigenvalue weighted by molar-refractivity contribution is -0.113. The van der Waals surface area contributed by atoms with Crippen LogP contribution in [-0.4, -0.2) is 15.9 Å². The molecule has 0 saturated heterocycles. The van der Waals surface area contributed by atoms with Crippen LogP contribution in [-0.2, 0) is 10.5 Å². The van der Waals surface area contributed by atoms with Gasteiger partial charge in [0.25, 0.3) is 5.91 Å². The Morgan fingerprint density at radius 2 is 1.84 bits per heavy atom. The molecule has 0 radical (unpaired) electrons. The number of anilines is 1. The fraction of sp³-hybridized carbons (Fsp3) is 0.120. The maximum Gasteiger partial charge on any atom is 0.254 e. The van der Waals surface area contributed by atoms with E-state index in [1.165, 1.54) is 11.8 Å². The predicted molar refractivity (Wildman–Crippen MR) is 126 cm³/mol. The number of carbonyl (C=O) groups excluding carboxylic acids is 1. The van der Waals surface area contributed by atoms with E-state index < -0.39 is 5.92 Å². The molecule has 6 nitrogen and oxygen atoms in total. The van der Waals surface area contributed by atoms with Gasteiger partial charge in [-0.15, -0.1) is 11.8 Å². The zero-order valence-electron chi connectivity index (χ0n) is 17.4. The van der Waals surface area contributed by atoms with Crippen molar-refractivity contribution in [1.29, 1.82) is 5.26 Å². The third-order valence-corrected chi connectivity index (χ3v) is 6.14. The quantitative estimate of drug-likeness (QED) is 0.576. The second-order valence-electron chi connectivity index (χ2n) is 7.21. The van der Waals surface area contributed by atoms with Gasteiger partial charge in [-0.1, -0.05) is 30.3 Å². The number of nitrogens with one attached hydrogen (secondary N) is 2. The van der Waals surface area contributed by atoms with E-state index in [-0.39, 0.29) is 5.91 Å². The molecule has 0 bridgehead atoms. The molecule has 0 fully saturated rings. The summed E-state index contributed by atoms with van der Waals surface area (Å²) in [6.07, 6.45) is 6.93. The maximum absolute atomic E-state index is 13.3. The van der Waals surface area contributed by atoms with Crippen LogP contribution in [0.2, 0.25) is 0 Å². The van der Waals surface area contributed by atoms with E-state index in [1.54, 1.807) is 18.6 Å². The van der Waals surface area contributed by atoms with E-state index in [1.807, 2.05) is 67.7 Å². The highest BCUT2D eigenvalue weighted by molar-refractivity contribution is 8.02. The first kappa shape index (κ1) is 21.3. The number of benzene rings is 1. The number of thioether (sulfide) groups is 1. The van der Waals surface area contributed by atoms with Crippen LogP contribution in [0.15, 0.2) is 101 Å². The molecule has 0 aliphatic carbocycles. The minimum atomic E-state index is -0.518. The van der Waals surface area contributed by atoms with Crippen LogP contribution in [0.1, 0.15) is 24.0 Å². The fourth-order valence-corrected chi connectivity index (χ4v) is 4.59. The number of amides is 1. The van der Waals surface area contributed by atoms with Crippen LogP contribution in [0.5, 0.6) is 0 Å². The number of dihydropyridines is 1. The van der Waals surface area contributed by atoms with Gasteiger partial charge in [0.1, 0.15) is 0 Å². The molecule has 4 rings (SSSR count). The van der Waals surface area contributed by atoms with Crippen molar-refractivity contribution >= 4 is 23.4 Å². The molecular weight excluding hydrogens is 418 g/mol. The van der Waals surface area contributed by atoms with Crippen LogP contribution in [0.25, 0.3) is 0 Å². The van der Waals surface area contributed by atoms with E-state index in [2.05, 4.69) is 26.7 Å². The molecule has 1 aromatic carbocycles. The summed E-state index contributed by atoms with van der Waals surface area (Å²) in [6, 6.07) is 19.2. The van der Waals surface area contributed by atoms with Crippen molar-refractivity contribution in [2.75, 3.05) is 5.32 Å². The lowest BCUT2D eigenvalue weighted by atomic mass is 9.83. The molecule has 3 heterocycles. The van der Waals surface area contributed by atoms with E-state index >= 15 is 0 Å². The van der Waals surface area contributed by atoms with Gasteiger partial charge >= 0.3 is 0 Å². The predicted octanol–water partition coefficient (Wildman–Crippen LogP) is 4.74. The second kappa shape index (κ2) is 9.94. The number of allylic oxidation sites excluding steroid dienone is 2. The van der Waals surface area contributed by atoms with Crippen LogP contribution in [0.3, 0.4) is 0 Å². The second-order valence-corrected chi connectivity index (χ2v) is 8.19. The van der Waals surface area contributed by atoms with E-state index in [0.717, 1.165) is 16.2 Å². The Morgan fingerprint density at radius 3 is 2.50 bits per heavy atom. The van der Waals surface area contributed by atoms with Gasteiger partial charge in [-0.05, 0) is 42.3 Å². The first-order valence-electron chi connectivity index (χ1n) is 10.1. The minimum absolute atomic E-state index is 0.251. The highest BCUT2D eigenvalue weighted by Gasteiger charge is 2.34. The van der Waals surface area contributed by atoms with Gasteiger partial charge in [0.2, 0.25) is 0 Å². The third-order valence-electron chi connectivity index (χ3n) is 5.05. The van der Waals surface area contributed by atoms with Gasteiger partial charge in [0.15, 0.2) is 0 Å². The Hall–Kier alpha value is -3.89. The summed E-state index contributed by atoms with van der Waals surface area (Å²) in [7, 11) is 0. The lowest BCUT2D eigenvalue weighted by Crippen LogP contribution is -2.30. The van der Waals surface area contributed by atoms with Crippen molar-refractivity contribution in [3.05, 3.63) is 112 Å². The number of hydrogen-bond donors (Lipinski definition) is 2. The minimum Gasteiger partial charge on any atom is -0.353 e. The van der Waals surface area contributed by atoms with Crippen LogP contribution in [0.4, 0.5) is 5.69 Å². The van der Waals surface area contributed by atoms with E-state index in [4.69, 9.17) is 0 Å². The normalized spacial score (nSPS) is 15.7. The third kappa shape index (κ3) is 4.71. The standard InChI is InChI=1S/C25H21N5OS/c1-17-22(24(31)30-20-9-3-2-4-10-20)23(19-8-6-12-28-15-19)21(13-26)25(29-17)32-16-18-7-5-11-27-14-18/h2-12,14-15,23,29H,16H2,1H3,(H,30,31). The molecule has 1 amide bonds. The number of nitrogens with zero attached hydrogens (tertiary/aromatic N) is 3. The SMILES string of the molecule is CC1=C(C(=O)Nc2ccccc2)C(c2cccnc2)C(C#N)=C(SCc2cccnc2)N1. The van der Waals surface area contributed by atoms with Crippen molar-refractivity contribution in [3.63, 3.8) is 0 Å². The fourth-order valence-electron chi connectivity index (χ4n) is 3.57. The number of carbonyl (C=O) groups is 1. The highest BCUT2D eigenvalue weighted by atomic mass is 32.2. The molecule has 1 atom stereocenters. The van der Waals surface area contributed by atoms with Gasteiger partial charge in [0, 0.05) is 47.5 Å². The first-order valence-corrected chi connectivity index (χ1v) is 11.1. The Kier molecular flexibility index (Phi) is 6.63. The summed E-state index contributed by atoms with van der Waals surface area (Å²) in [5.41, 5.74) is 4.25. The molecule has 1 unspecified atom stereocenters. The van der Waals surface area contributed by atoms with E-state index in [9.17, 15) is 10.1 Å². The number of pyridine rings is 2. The van der Waals surface area contributed by atoms with Crippen LogP contribution in [0, 0.1) is 11.3 Å². The molecule has 3 aromatic rings. The molecule has 0 saturated carbocycles. The maximum atomic E-state index is 13.3. The molecule has 2 aromatic heterocycles. The van der Waals surface area contributed by atoms with Gasteiger partial charge in [-0.25, -0.2) is 0 Å². The summed E-state index contributed by atoms with van der Waals surface area (Å²) < 4.78 is 0. The van der Waals surface area contributed by atoms with Crippen molar-refractivity contribution in [2.24, 2.45) is 0 Å². The topological polar surface area (TPSA) is 90.7 Å². The number of aromatic nitrogens is 2. The summed E-state index contributed by atoms with van der Waals surface area (Å²) >= 11 is 1.52. The monoisotopic (exact) mass is 439 g/mol. The van der Waals surface area contributed by atoms with Crippen molar-refractivity contribution in [2.45, 2.75) is 18.6 Å². The summed E-state index contributed by atoms with van der Waals surface area (Å²) in [5, 5.41) is 17.1. The number of rotatable bonds is 6. The van der Waals surface area contributed by atoms with Crippen LogP contribution >= 0.6 is 11.8 Å². The summed E-state index contributed by atoms with van der Waals surface area (Å²) in [4.78, 5) is 21.7. The first-order chi connectivity index (χ1) is 15.7. The molecule has 1 aliphatic heterocycles. The number of para-hydroxylation sites is 1. The molecule has 32 heavy (non-hydrogen) atoms. The molecular formula is C25H21N5OS. The smallest absolute Gasteiger partial charge is 0.254 e. The summed E-state index contributed by atoms with van der Waals surface area (Å²) in [6.45, 7) is 1.86. The number of hydrogen-bond acceptors (Lipinski definition) is 6. The highest BCUT2D eigenvalue weighted by Crippen LogP contribution is 2.41. The van der Waals surface area contributed by atoms with Gasteiger partial charge < -0.3 is 10.6 Å². The van der Waals surface area contributed by atoms with Crippen molar-refractivity contribution in [3.8, 4) is 6.07 Å². The Labute approximate surface area is 191 Å². The molecule has 2 N–H and O–H groups in total. The summed E-state index contributed by atoms with van der Waals surface area (Å²) in [5.74, 6) is -0.117. The van der Waals surface area contributed by atoms with Gasteiger partial charge in [-0.3, -0.25) is 14.8 Å². The van der Waals surface area contributed by atoms with E-state index in [0.29, 0.717) is 28.3 Å². The Morgan fingerprint density at radius 1 is 1.09 bits per heavy atom. The van der Waals surface area contributed by atoms with Crippen LogP contribution < -0.4 is 10.6 Å². The zero-order chi connectivity index (χ0) is 22.3. The molecule has 1 aliphatic rings. The lowest BCUT2D eigenvalue weighted by Gasteiger charge is -2.29. The average molecular weight is 440 g/mol. The Balaban J connectivity index is 1.70. The molecule has 0 spiro atoms. The molecule has 158 valence electrons. The van der Waals surface area contributed by atoms with Crippen molar-refractivity contribution in [1.82, 2.24) is 15.3 Å². The molecule has 7 heteroatoms. The zero-order valence-corrected chi connectivity index (χ0v) is 18.3. The van der Waals surface area contributed by atoms with Crippen molar-refractivity contribution < 1.29 is 4.79 Å². The van der Waals surface area contributed by atoms with Gasteiger partial charge in [-0.2, -0.15) is 5.26 Å². The average Bonchev–Trinajstić information content (AvgIpc) is 2.84. The number of nitriles is 1. The Bertz CT molecular complexity index is 1200. The van der Waals surface area contributed by atoms with Gasteiger partial charge in [0.05, 0.1) is 22.6 Å². The largest absolute Gasteiger partial charge is 0.353 e.